The molecule has 0 atom stereocenters. The quantitative estimate of drug-likeness (QED) is 0.326. The summed E-state index contributed by atoms with van der Waals surface area (Å²) in [7, 11) is 5.84. The Kier molecular flexibility index (Phi) is 7.19. The fraction of sp³-hybridized carbons (Fsp3) is 0.333. The Morgan fingerprint density at radius 3 is 2.60 bits per heavy atom. The molecule has 0 saturated carbocycles. The van der Waals surface area contributed by atoms with Crippen molar-refractivity contribution < 1.29 is 4.79 Å². The van der Waals surface area contributed by atoms with E-state index in [0.717, 1.165) is 67.4 Å². The summed E-state index contributed by atoms with van der Waals surface area (Å²) in [4.78, 5) is 29.5. The number of carbonyl (C=O) groups is 1. The largest absolute Gasteiger partial charge is 0.355 e. The lowest BCUT2D eigenvalue weighted by Crippen LogP contribution is -2.45. The normalized spacial score (nSPS) is 14.7. The van der Waals surface area contributed by atoms with E-state index in [1.165, 1.54) is 5.56 Å². The minimum absolute atomic E-state index is 0.215. The number of amides is 1. The molecule has 1 amide bonds. The fourth-order valence-electron chi connectivity index (χ4n) is 5.41. The van der Waals surface area contributed by atoms with Gasteiger partial charge in [0.1, 0.15) is 17.0 Å². The van der Waals surface area contributed by atoms with Crippen LogP contribution >= 0.6 is 0 Å². The first-order valence-electron chi connectivity index (χ1n) is 13.7. The van der Waals surface area contributed by atoms with Crippen molar-refractivity contribution in [3.05, 3.63) is 78.2 Å². The second-order valence-corrected chi connectivity index (χ2v) is 10.5. The molecule has 1 fully saturated rings. The van der Waals surface area contributed by atoms with Gasteiger partial charge in [-0.15, -0.1) is 0 Å². The van der Waals surface area contributed by atoms with Crippen molar-refractivity contribution >= 4 is 28.4 Å². The maximum atomic E-state index is 12.7. The Morgan fingerprint density at radius 2 is 1.82 bits per heavy atom. The van der Waals surface area contributed by atoms with Crippen molar-refractivity contribution in [2.45, 2.75) is 13.1 Å². The van der Waals surface area contributed by atoms with Crippen LogP contribution < -0.4 is 10.2 Å². The van der Waals surface area contributed by atoms with Gasteiger partial charge in [-0.05, 0) is 24.7 Å². The van der Waals surface area contributed by atoms with E-state index < -0.39 is 0 Å². The van der Waals surface area contributed by atoms with Crippen molar-refractivity contribution in [3.8, 4) is 11.3 Å². The first-order chi connectivity index (χ1) is 19.5. The molecule has 0 aliphatic carbocycles. The highest BCUT2D eigenvalue weighted by molar-refractivity contribution is 6.00. The molecule has 0 spiro atoms. The highest BCUT2D eigenvalue weighted by atomic mass is 16.1. The van der Waals surface area contributed by atoms with Crippen LogP contribution in [0.2, 0.25) is 0 Å². The number of fused-ring (bicyclic) bond motifs is 2. The molecule has 1 N–H and O–H groups in total. The van der Waals surface area contributed by atoms with Crippen molar-refractivity contribution in [2.75, 3.05) is 58.8 Å². The Labute approximate surface area is 233 Å². The van der Waals surface area contributed by atoms with Crippen LogP contribution in [0.15, 0.2) is 67.1 Å². The molecule has 1 aromatic carbocycles. The molecule has 0 radical (unpaired) electrons. The third kappa shape index (κ3) is 5.03. The third-order valence-corrected chi connectivity index (χ3v) is 7.74. The van der Waals surface area contributed by atoms with E-state index in [-0.39, 0.29) is 5.91 Å². The van der Waals surface area contributed by atoms with Crippen LogP contribution in [0.25, 0.3) is 27.9 Å². The van der Waals surface area contributed by atoms with Gasteiger partial charge >= 0.3 is 0 Å². The summed E-state index contributed by atoms with van der Waals surface area (Å²) in [5.41, 5.74) is 4.85. The van der Waals surface area contributed by atoms with Crippen molar-refractivity contribution in [2.24, 2.45) is 0 Å². The van der Waals surface area contributed by atoms with Crippen LogP contribution in [-0.4, -0.2) is 93.7 Å². The average Bonchev–Trinajstić information content (AvgIpc) is 3.58. The first kappa shape index (κ1) is 26.0. The molecule has 10 heteroatoms. The molecule has 5 aromatic rings. The third-order valence-electron chi connectivity index (χ3n) is 7.74. The summed E-state index contributed by atoms with van der Waals surface area (Å²) in [5.74, 6) is 0.633. The maximum Gasteiger partial charge on any atom is 0.256 e. The van der Waals surface area contributed by atoms with Gasteiger partial charge in [-0.25, -0.2) is 9.97 Å². The van der Waals surface area contributed by atoms with Gasteiger partial charge in [0.25, 0.3) is 5.91 Å². The molecule has 0 bridgehead atoms. The standard InChI is InChI=1S/C30H35N9O/c1-31-30(40)24-19-33-39-27(36(3)20-22-8-5-4-6-9-22)18-26(34-29(24)39)25-21-38(28-23(25)10-7-11-32-28)17-16-37-14-12-35(2)13-15-37/h4-11,18-19,21H,12-17,20H2,1-3H3,(H,31,40). The minimum Gasteiger partial charge on any atom is -0.355 e. The maximum absolute atomic E-state index is 12.7. The molecular weight excluding hydrogens is 502 g/mol. The Balaban J connectivity index is 1.42. The minimum atomic E-state index is -0.215. The molecule has 1 saturated heterocycles. The van der Waals surface area contributed by atoms with E-state index >= 15 is 0 Å². The molecule has 1 aliphatic heterocycles. The molecule has 10 nitrogen and oxygen atoms in total. The van der Waals surface area contributed by atoms with Gasteiger partial charge in [0.2, 0.25) is 0 Å². The van der Waals surface area contributed by atoms with Crippen LogP contribution in [0.3, 0.4) is 0 Å². The van der Waals surface area contributed by atoms with E-state index in [9.17, 15) is 4.79 Å². The molecule has 206 valence electrons. The number of carbonyl (C=O) groups excluding carboxylic acids is 1. The van der Waals surface area contributed by atoms with Gasteiger partial charge in [0.05, 0.1) is 11.9 Å². The molecular formula is C30H35N9O. The van der Waals surface area contributed by atoms with Crippen LogP contribution in [0, 0.1) is 0 Å². The number of nitrogens with one attached hydrogen (secondary N) is 1. The van der Waals surface area contributed by atoms with Crippen LogP contribution in [-0.2, 0) is 13.1 Å². The van der Waals surface area contributed by atoms with E-state index in [4.69, 9.17) is 9.97 Å². The molecule has 1 aliphatic rings. The lowest BCUT2D eigenvalue weighted by molar-refractivity contribution is 0.0964. The molecule has 5 heterocycles. The van der Waals surface area contributed by atoms with E-state index in [2.05, 4.69) is 67.2 Å². The van der Waals surface area contributed by atoms with Crippen molar-refractivity contribution in [3.63, 3.8) is 0 Å². The highest BCUT2D eigenvalue weighted by Crippen LogP contribution is 2.32. The lowest BCUT2D eigenvalue weighted by Gasteiger charge is -2.32. The zero-order chi connectivity index (χ0) is 27.6. The zero-order valence-electron chi connectivity index (χ0n) is 23.3. The van der Waals surface area contributed by atoms with Gasteiger partial charge in [0, 0.05) is 89.3 Å². The first-order valence-corrected chi connectivity index (χ1v) is 13.7. The second kappa shape index (κ2) is 11.1. The average molecular weight is 538 g/mol. The fourth-order valence-corrected chi connectivity index (χ4v) is 5.41. The molecule has 6 rings (SSSR count). The zero-order valence-corrected chi connectivity index (χ0v) is 23.3. The van der Waals surface area contributed by atoms with Gasteiger partial charge in [0.15, 0.2) is 5.65 Å². The summed E-state index contributed by atoms with van der Waals surface area (Å²) in [6.07, 6.45) is 5.59. The Hall–Kier alpha value is -4.28. The number of nitrogens with zero attached hydrogens (tertiary/aromatic N) is 8. The van der Waals surface area contributed by atoms with Crippen LogP contribution in [0.4, 0.5) is 5.82 Å². The number of hydrogen-bond donors (Lipinski definition) is 1. The van der Waals surface area contributed by atoms with Gasteiger partial charge in [-0.1, -0.05) is 30.3 Å². The lowest BCUT2D eigenvalue weighted by atomic mass is 10.1. The molecule has 4 aromatic heterocycles. The summed E-state index contributed by atoms with van der Waals surface area (Å²) < 4.78 is 3.99. The molecule has 0 unspecified atom stereocenters. The van der Waals surface area contributed by atoms with Crippen LogP contribution in [0.1, 0.15) is 15.9 Å². The number of aromatic nitrogens is 5. The predicted octanol–water partition coefficient (Wildman–Crippen LogP) is 2.99. The summed E-state index contributed by atoms with van der Waals surface area (Å²) in [6.45, 7) is 6.84. The van der Waals surface area contributed by atoms with E-state index in [0.29, 0.717) is 17.8 Å². The summed E-state index contributed by atoms with van der Waals surface area (Å²) in [6, 6.07) is 16.4. The smallest absolute Gasteiger partial charge is 0.256 e. The van der Waals surface area contributed by atoms with Gasteiger partial charge in [-0.3, -0.25) is 9.69 Å². The highest BCUT2D eigenvalue weighted by Gasteiger charge is 2.21. The number of pyridine rings is 1. The number of anilines is 1. The summed E-state index contributed by atoms with van der Waals surface area (Å²) >= 11 is 0. The van der Waals surface area contributed by atoms with Gasteiger partial charge in [-0.2, -0.15) is 9.61 Å². The number of likely N-dealkylation sites (N-methyl/N-ethyl adjacent to an activating group) is 1. The number of hydrogen-bond acceptors (Lipinski definition) is 7. The van der Waals surface area contributed by atoms with Gasteiger partial charge < -0.3 is 19.7 Å². The van der Waals surface area contributed by atoms with Crippen LogP contribution in [0.5, 0.6) is 0 Å². The Bertz CT molecular complexity index is 1630. The SMILES string of the molecule is CNC(=O)c1cnn2c(N(C)Cc3ccccc3)cc(-c3cn(CCN4CCN(C)CC4)c4ncccc34)nc12. The second-order valence-electron chi connectivity index (χ2n) is 10.5. The summed E-state index contributed by atoms with van der Waals surface area (Å²) in [5, 5.41) is 8.33. The van der Waals surface area contributed by atoms with Crippen molar-refractivity contribution in [1.82, 2.24) is 39.3 Å². The number of rotatable bonds is 8. The van der Waals surface area contributed by atoms with Crippen molar-refractivity contribution in [1.29, 1.82) is 0 Å². The van der Waals surface area contributed by atoms with E-state index in [1.807, 2.05) is 37.5 Å². The Morgan fingerprint density at radius 1 is 1.02 bits per heavy atom. The topological polar surface area (TPSA) is 86.8 Å². The monoisotopic (exact) mass is 537 g/mol. The number of piperazine rings is 1. The molecule has 40 heavy (non-hydrogen) atoms. The number of benzene rings is 1. The predicted molar refractivity (Wildman–Crippen MR) is 158 cm³/mol. The van der Waals surface area contributed by atoms with E-state index in [1.54, 1.807) is 17.8 Å².